The lowest BCUT2D eigenvalue weighted by Gasteiger charge is -2.09. The van der Waals surface area contributed by atoms with Gasteiger partial charge in [-0.1, -0.05) is 41.9 Å². The van der Waals surface area contributed by atoms with Gasteiger partial charge in [0.25, 0.3) is 5.91 Å². The highest BCUT2D eigenvalue weighted by molar-refractivity contribution is 9.10. The number of hydrogen-bond acceptors (Lipinski definition) is 7. The first-order chi connectivity index (χ1) is 18.9. The van der Waals surface area contributed by atoms with E-state index >= 15 is 0 Å². The summed E-state index contributed by atoms with van der Waals surface area (Å²) in [6.07, 6.45) is 1.48. The van der Waals surface area contributed by atoms with Crippen LogP contribution in [0.4, 0.5) is 0 Å². The number of hydrazone groups is 1. The molecule has 0 fully saturated rings. The van der Waals surface area contributed by atoms with Crippen LogP contribution in [-0.4, -0.2) is 31.8 Å². The van der Waals surface area contributed by atoms with Crippen LogP contribution in [0.2, 0.25) is 5.02 Å². The molecule has 7 nitrogen and oxygen atoms in total. The topological polar surface area (TPSA) is 86.2 Å². The molecule has 1 N–H and O–H groups in total. The van der Waals surface area contributed by atoms with E-state index in [0.717, 1.165) is 25.3 Å². The number of amides is 1. The standard InChI is InChI=1S/C29H20BrClN2O5S/c1-36-20-11-12-22-24(14-20)39-28(27(22)31)29(35)38-19-9-6-17(7-10-19)15-32-33-25(34)16-37-23-13-8-18-4-2-3-5-21(18)26(23)30/h2-15H,16H2,1H3,(H,33,34)/b32-15-. The molecule has 196 valence electrons. The molecule has 5 aromatic rings. The van der Waals surface area contributed by atoms with E-state index in [1.807, 2.05) is 48.5 Å². The minimum absolute atomic E-state index is 0.198. The summed E-state index contributed by atoms with van der Waals surface area (Å²) in [6, 6.07) is 23.7. The summed E-state index contributed by atoms with van der Waals surface area (Å²) in [6.45, 7) is -0.198. The first-order valence-electron chi connectivity index (χ1n) is 11.6. The highest BCUT2D eigenvalue weighted by Crippen LogP contribution is 2.38. The van der Waals surface area contributed by atoms with Gasteiger partial charge in [0, 0.05) is 10.1 Å². The van der Waals surface area contributed by atoms with Crippen LogP contribution >= 0.6 is 38.9 Å². The van der Waals surface area contributed by atoms with E-state index in [1.165, 1.54) is 17.6 Å². The van der Waals surface area contributed by atoms with Crippen molar-refractivity contribution in [2.75, 3.05) is 13.7 Å². The van der Waals surface area contributed by atoms with E-state index in [2.05, 4.69) is 26.5 Å². The van der Waals surface area contributed by atoms with E-state index in [9.17, 15) is 9.59 Å². The Bertz CT molecular complexity index is 1720. The van der Waals surface area contributed by atoms with Gasteiger partial charge in [0.15, 0.2) is 6.61 Å². The molecule has 0 aliphatic carbocycles. The van der Waals surface area contributed by atoms with Crippen LogP contribution in [0.15, 0.2) is 88.4 Å². The van der Waals surface area contributed by atoms with E-state index in [1.54, 1.807) is 37.4 Å². The van der Waals surface area contributed by atoms with Crippen molar-refractivity contribution >= 4 is 77.8 Å². The van der Waals surface area contributed by atoms with Gasteiger partial charge in [-0.15, -0.1) is 11.3 Å². The number of nitrogens with zero attached hydrogens (tertiary/aromatic N) is 1. The molecule has 1 aromatic heterocycles. The summed E-state index contributed by atoms with van der Waals surface area (Å²) >= 11 is 11.2. The number of fused-ring (bicyclic) bond motifs is 2. The maximum atomic E-state index is 12.7. The average Bonchev–Trinajstić information content (AvgIpc) is 3.29. The lowest BCUT2D eigenvalue weighted by molar-refractivity contribution is -0.123. The molecule has 0 radical (unpaired) electrons. The molecule has 0 spiro atoms. The molecule has 39 heavy (non-hydrogen) atoms. The van der Waals surface area contributed by atoms with Gasteiger partial charge in [0.1, 0.15) is 22.1 Å². The number of methoxy groups -OCH3 is 1. The zero-order valence-electron chi connectivity index (χ0n) is 20.4. The van der Waals surface area contributed by atoms with Crippen LogP contribution in [0, 0.1) is 0 Å². The van der Waals surface area contributed by atoms with E-state index in [-0.39, 0.29) is 6.61 Å². The number of thiophene rings is 1. The lowest BCUT2D eigenvalue weighted by Crippen LogP contribution is -2.24. The van der Waals surface area contributed by atoms with Gasteiger partial charge in [-0.3, -0.25) is 4.79 Å². The number of benzene rings is 4. The van der Waals surface area contributed by atoms with Gasteiger partial charge in [-0.05, 0) is 80.8 Å². The number of carbonyl (C=O) groups excluding carboxylic acids is 2. The molecule has 0 saturated carbocycles. The molecule has 0 aliphatic heterocycles. The molecule has 0 atom stereocenters. The Balaban J connectivity index is 1.14. The molecule has 5 rings (SSSR count). The Kier molecular flexibility index (Phi) is 8.11. The fourth-order valence-corrected chi connectivity index (χ4v) is 5.78. The zero-order chi connectivity index (χ0) is 27.4. The Hall–Kier alpha value is -3.92. The summed E-state index contributed by atoms with van der Waals surface area (Å²) in [4.78, 5) is 25.2. The summed E-state index contributed by atoms with van der Waals surface area (Å²) < 4.78 is 18.0. The maximum absolute atomic E-state index is 12.7. The normalized spacial score (nSPS) is 11.2. The minimum Gasteiger partial charge on any atom is -0.497 e. The highest BCUT2D eigenvalue weighted by atomic mass is 79.9. The number of ether oxygens (including phenoxy) is 3. The van der Waals surface area contributed by atoms with Crippen molar-refractivity contribution < 1.29 is 23.8 Å². The van der Waals surface area contributed by atoms with Crippen molar-refractivity contribution in [2.24, 2.45) is 5.10 Å². The molecule has 10 heteroatoms. The van der Waals surface area contributed by atoms with Crippen molar-refractivity contribution in [2.45, 2.75) is 0 Å². The van der Waals surface area contributed by atoms with Gasteiger partial charge < -0.3 is 14.2 Å². The minimum atomic E-state index is -0.549. The van der Waals surface area contributed by atoms with Crippen LogP contribution in [0.1, 0.15) is 15.2 Å². The third-order valence-corrected chi connectivity index (χ3v) is 8.16. The zero-order valence-corrected chi connectivity index (χ0v) is 23.6. The van der Waals surface area contributed by atoms with Crippen molar-refractivity contribution in [3.63, 3.8) is 0 Å². The molecule has 4 aromatic carbocycles. The molecule has 0 aliphatic rings. The Morgan fingerprint density at radius 2 is 1.77 bits per heavy atom. The molecule has 1 heterocycles. The van der Waals surface area contributed by atoms with Crippen molar-refractivity contribution in [1.29, 1.82) is 0 Å². The van der Waals surface area contributed by atoms with Crippen LogP contribution in [0.25, 0.3) is 20.9 Å². The summed E-state index contributed by atoms with van der Waals surface area (Å²) in [7, 11) is 1.58. The molecular weight excluding hydrogens is 604 g/mol. The fourth-order valence-electron chi connectivity index (χ4n) is 3.76. The first kappa shape index (κ1) is 26.7. The number of esters is 1. The number of nitrogens with one attached hydrogen (secondary N) is 1. The molecule has 0 saturated heterocycles. The predicted molar refractivity (Wildman–Crippen MR) is 158 cm³/mol. The monoisotopic (exact) mass is 622 g/mol. The molecular formula is C29H20BrClN2O5S. The third kappa shape index (κ3) is 6.06. The van der Waals surface area contributed by atoms with E-state index < -0.39 is 11.9 Å². The summed E-state index contributed by atoms with van der Waals surface area (Å²) in [5.41, 5.74) is 3.13. The Morgan fingerprint density at radius 1 is 1.00 bits per heavy atom. The van der Waals surface area contributed by atoms with Crippen LogP contribution in [-0.2, 0) is 4.79 Å². The Labute approximate surface area is 241 Å². The van der Waals surface area contributed by atoms with E-state index in [0.29, 0.717) is 32.7 Å². The predicted octanol–water partition coefficient (Wildman–Crippen LogP) is 7.23. The number of hydrogen-bond donors (Lipinski definition) is 1. The molecule has 0 bridgehead atoms. The summed E-state index contributed by atoms with van der Waals surface area (Å²) in [5.74, 6) is 0.636. The van der Waals surface area contributed by atoms with Crippen LogP contribution in [0.5, 0.6) is 17.2 Å². The second kappa shape index (κ2) is 11.9. The third-order valence-electron chi connectivity index (χ3n) is 5.70. The second-order valence-electron chi connectivity index (χ2n) is 8.25. The SMILES string of the molecule is COc1ccc2c(Cl)c(C(=O)Oc3ccc(/C=N\NC(=O)COc4ccc5ccccc5c4Br)cc3)sc2c1. The maximum Gasteiger partial charge on any atom is 0.355 e. The van der Waals surface area contributed by atoms with Gasteiger partial charge in [-0.25, -0.2) is 10.2 Å². The van der Waals surface area contributed by atoms with E-state index in [4.69, 9.17) is 25.8 Å². The van der Waals surface area contributed by atoms with Crippen LogP contribution in [0.3, 0.4) is 0 Å². The first-order valence-corrected chi connectivity index (χ1v) is 13.6. The van der Waals surface area contributed by atoms with Gasteiger partial charge >= 0.3 is 5.97 Å². The summed E-state index contributed by atoms with van der Waals surface area (Å²) in [5, 5.41) is 7.13. The molecule has 1 amide bonds. The fraction of sp³-hybridized carbons (Fsp3) is 0.0690. The van der Waals surface area contributed by atoms with Crippen molar-refractivity contribution in [3.05, 3.63) is 98.8 Å². The smallest absolute Gasteiger partial charge is 0.355 e. The lowest BCUT2D eigenvalue weighted by atomic mass is 10.1. The number of carbonyl (C=O) groups is 2. The number of halogens is 2. The largest absolute Gasteiger partial charge is 0.497 e. The van der Waals surface area contributed by atoms with Gasteiger partial charge in [0.2, 0.25) is 0 Å². The van der Waals surface area contributed by atoms with Gasteiger partial charge in [-0.2, -0.15) is 5.10 Å². The Morgan fingerprint density at radius 3 is 2.56 bits per heavy atom. The second-order valence-corrected chi connectivity index (χ2v) is 10.5. The van der Waals surface area contributed by atoms with Crippen molar-refractivity contribution in [1.82, 2.24) is 5.43 Å². The van der Waals surface area contributed by atoms with Gasteiger partial charge in [0.05, 0.1) is 22.8 Å². The quantitative estimate of drug-likeness (QED) is 0.0853. The van der Waals surface area contributed by atoms with Crippen molar-refractivity contribution in [3.8, 4) is 17.2 Å². The van der Waals surface area contributed by atoms with Crippen LogP contribution < -0.4 is 19.6 Å². The molecule has 0 unspecified atom stereocenters. The number of rotatable bonds is 8. The average molecular weight is 624 g/mol. The highest BCUT2D eigenvalue weighted by Gasteiger charge is 2.19.